The zero-order valence-corrected chi connectivity index (χ0v) is 11.0. The maximum absolute atomic E-state index is 12.9. The molecule has 1 aromatic carbocycles. The molecule has 0 N–H and O–H groups in total. The molecule has 0 aliphatic heterocycles. The van der Waals surface area contributed by atoms with E-state index in [2.05, 4.69) is 32.6 Å². The highest BCUT2D eigenvalue weighted by Gasteiger charge is 2.22. The molecule has 0 bridgehead atoms. The molecule has 1 nitrogen and oxygen atoms in total. The second-order valence-electron chi connectivity index (χ2n) is 4.86. The van der Waals surface area contributed by atoms with Gasteiger partial charge in [0.15, 0.2) is 0 Å². The van der Waals surface area contributed by atoms with Crippen LogP contribution in [-0.4, -0.2) is 24.3 Å². The van der Waals surface area contributed by atoms with Crippen molar-refractivity contribution >= 4 is 12.7 Å². The third kappa shape index (κ3) is 3.81. The van der Waals surface area contributed by atoms with E-state index in [4.69, 9.17) is 0 Å². The van der Waals surface area contributed by atoms with E-state index in [-0.39, 0.29) is 5.46 Å². The highest BCUT2D eigenvalue weighted by atomic mass is 19.2. The molecule has 0 heterocycles. The van der Waals surface area contributed by atoms with Crippen LogP contribution in [0.1, 0.15) is 33.3 Å². The van der Waals surface area contributed by atoms with E-state index in [1.165, 1.54) is 6.07 Å². The number of benzene rings is 1. The van der Waals surface area contributed by atoms with Crippen LogP contribution in [0, 0.1) is 0 Å². The average Bonchev–Trinajstić information content (AvgIpc) is 2.25. The van der Waals surface area contributed by atoms with Crippen molar-refractivity contribution in [1.29, 1.82) is 0 Å². The predicted octanol–water partition coefficient (Wildman–Crippen LogP) is 2.94. The molecule has 0 radical (unpaired) electrons. The van der Waals surface area contributed by atoms with Gasteiger partial charge in [-0.3, -0.25) is 13.5 Å². The van der Waals surface area contributed by atoms with Crippen molar-refractivity contribution in [3.8, 4) is 0 Å². The van der Waals surface area contributed by atoms with Gasteiger partial charge in [-0.15, -0.1) is 0 Å². The summed E-state index contributed by atoms with van der Waals surface area (Å²) in [6.45, 7) is 8.93. The Balaban J connectivity index is 2.93. The molecular weight excluding hydrogens is 219 g/mol. The SMILES string of the molecule is CC(C)N(Cc1ccccc1B(F)F)C(C)C. The fraction of sp³-hybridized carbons (Fsp3) is 0.538. The maximum atomic E-state index is 12.9. The molecule has 0 spiro atoms. The van der Waals surface area contributed by atoms with Crippen molar-refractivity contribution in [3.05, 3.63) is 29.8 Å². The summed E-state index contributed by atoms with van der Waals surface area (Å²) in [5, 5.41) is 0. The Morgan fingerprint density at radius 3 is 2.06 bits per heavy atom. The first-order valence-electron chi connectivity index (χ1n) is 6.05. The van der Waals surface area contributed by atoms with Gasteiger partial charge in [0.25, 0.3) is 0 Å². The predicted molar refractivity (Wildman–Crippen MR) is 69.9 cm³/mol. The average molecular weight is 239 g/mol. The molecule has 94 valence electrons. The van der Waals surface area contributed by atoms with Crippen molar-refractivity contribution in [2.75, 3.05) is 0 Å². The molecule has 4 heteroatoms. The van der Waals surface area contributed by atoms with Crippen LogP contribution in [0.4, 0.5) is 8.63 Å². The zero-order chi connectivity index (χ0) is 13.0. The van der Waals surface area contributed by atoms with Crippen LogP contribution in [0.3, 0.4) is 0 Å². The molecular formula is C13H20BF2N. The monoisotopic (exact) mass is 239 g/mol. The van der Waals surface area contributed by atoms with Crippen molar-refractivity contribution in [3.63, 3.8) is 0 Å². The van der Waals surface area contributed by atoms with Gasteiger partial charge in [0, 0.05) is 18.6 Å². The van der Waals surface area contributed by atoms with Gasteiger partial charge in [-0.2, -0.15) is 0 Å². The molecule has 0 aromatic heterocycles. The lowest BCUT2D eigenvalue weighted by Gasteiger charge is -2.31. The van der Waals surface area contributed by atoms with Crippen LogP contribution < -0.4 is 5.46 Å². The maximum Gasteiger partial charge on any atom is 0.572 e. The summed E-state index contributed by atoms with van der Waals surface area (Å²) < 4.78 is 25.7. The number of hydrogen-bond donors (Lipinski definition) is 0. The van der Waals surface area contributed by atoms with E-state index < -0.39 is 7.27 Å². The third-order valence-electron chi connectivity index (χ3n) is 2.97. The number of nitrogens with zero attached hydrogens (tertiary/aromatic N) is 1. The van der Waals surface area contributed by atoms with Crippen molar-refractivity contribution in [1.82, 2.24) is 4.90 Å². The topological polar surface area (TPSA) is 3.24 Å². The third-order valence-corrected chi connectivity index (χ3v) is 2.97. The Kier molecular flexibility index (Phi) is 5.13. The smallest absolute Gasteiger partial charge is 0.294 e. The molecule has 0 aliphatic rings. The van der Waals surface area contributed by atoms with Crippen molar-refractivity contribution < 1.29 is 8.63 Å². The first kappa shape index (κ1) is 14.2. The summed E-state index contributed by atoms with van der Waals surface area (Å²) in [6.07, 6.45) is 0. The quantitative estimate of drug-likeness (QED) is 0.714. The Morgan fingerprint density at radius 1 is 1.06 bits per heavy atom. The molecule has 0 unspecified atom stereocenters. The van der Waals surface area contributed by atoms with Crippen LogP contribution >= 0.6 is 0 Å². The number of rotatable bonds is 5. The second-order valence-corrected chi connectivity index (χ2v) is 4.86. The summed E-state index contributed by atoms with van der Waals surface area (Å²) in [5.41, 5.74) is 0.878. The minimum Gasteiger partial charge on any atom is -0.294 e. The molecule has 0 saturated carbocycles. The standard InChI is InChI=1S/C13H20BF2N/c1-10(2)17(11(3)4)9-12-7-5-6-8-13(12)14(15)16/h5-8,10-11H,9H2,1-4H3. The van der Waals surface area contributed by atoms with Crippen LogP contribution in [0.25, 0.3) is 0 Å². The fourth-order valence-electron chi connectivity index (χ4n) is 2.05. The van der Waals surface area contributed by atoms with E-state index >= 15 is 0 Å². The minimum absolute atomic E-state index is 0.152. The summed E-state index contributed by atoms with van der Waals surface area (Å²) in [6, 6.07) is 7.49. The van der Waals surface area contributed by atoms with Gasteiger partial charge in [0.2, 0.25) is 0 Å². The van der Waals surface area contributed by atoms with Crippen LogP contribution in [0.2, 0.25) is 0 Å². The van der Waals surface area contributed by atoms with Gasteiger partial charge >= 0.3 is 7.27 Å². The number of halogens is 2. The lowest BCUT2D eigenvalue weighted by molar-refractivity contribution is 0.166. The Hall–Kier alpha value is -0.895. The van der Waals surface area contributed by atoms with E-state index in [0.717, 1.165) is 5.56 Å². The van der Waals surface area contributed by atoms with Gasteiger partial charge in [-0.25, -0.2) is 0 Å². The van der Waals surface area contributed by atoms with Gasteiger partial charge in [0.1, 0.15) is 0 Å². The molecule has 0 fully saturated rings. The molecule has 0 atom stereocenters. The molecule has 0 aliphatic carbocycles. The first-order chi connectivity index (χ1) is 7.93. The van der Waals surface area contributed by atoms with Gasteiger partial charge in [-0.1, -0.05) is 24.3 Å². The van der Waals surface area contributed by atoms with Gasteiger partial charge in [0.05, 0.1) is 0 Å². The highest BCUT2D eigenvalue weighted by Crippen LogP contribution is 2.11. The minimum atomic E-state index is -2.40. The first-order valence-corrected chi connectivity index (χ1v) is 6.05. The zero-order valence-electron chi connectivity index (χ0n) is 11.0. The second kappa shape index (κ2) is 6.15. The van der Waals surface area contributed by atoms with E-state index in [0.29, 0.717) is 18.6 Å². The van der Waals surface area contributed by atoms with Gasteiger partial charge in [-0.05, 0) is 38.7 Å². The number of hydrogen-bond acceptors (Lipinski definition) is 1. The molecule has 0 amide bonds. The van der Waals surface area contributed by atoms with Gasteiger partial charge < -0.3 is 0 Å². The van der Waals surface area contributed by atoms with Crippen molar-refractivity contribution in [2.24, 2.45) is 0 Å². The largest absolute Gasteiger partial charge is 0.572 e. The van der Waals surface area contributed by atoms with E-state index in [1.54, 1.807) is 12.1 Å². The normalized spacial score (nSPS) is 11.6. The fourth-order valence-corrected chi connectivity index (χ4v) is 2.05. The summed E-state index contributed by atoms with van der Waals surface area (Å²) >= 11 is 0. The summed E-state index contributed by atoms with van der Waals surface area (Å²) in [4.78, 5) is 2.21. The highest BCUT2D eigenvalue weighted by molar-refractivity contribution is 6.60. The van der Waals surface area contributed by atoms with E-state index in [1.807, 2.05) is 6.07 Å². The van der Waals surface area contributed by atoms with Crippen molar-refractivity contribution in [2.45, 2.75) is 46.3 Å². The van der Waals surface area contributed by atoms with Crippen LogP contribution in [0.15, 0.2) is 24.3 Å². The lowest BCUT2D eigenvalue weighted by atomic mass is 9.81. The summed E-state index contributed by atoms with van der Waals surface area (Å²) in [5.74, 6) is 0. The lowest BCUT2D eigenvalue weighted by Crippen LogP contribution is -2.39. The van der Waals surface area contributed by atoms with E-state index in [9.17, 15) is 8.63 Å². The summed E-state index contributed by atoms with van der Waals surface area (Å²) in [7, 11) is -2.40. The Morgan fingerprint density at radius 2 is 1.59 bits per heavy atom. The molecule has 1 rings (SSSR count). The molecule has 0 saturated heterocycles. The van der Waals surface area contributed by atoms with Crippen LogP contribution in [0.5, 0.6) is 0 Å². The Bertz CT molecular complexity index is 345. The van der Waals surface area contributed by atoms with Crippen LogP contribution in [-0.2, 0) is 6.54 Å². The Labute approximate surface area is 103 Å². The molecule has 1 aromatic rings. The molecule has 17 heavy (non-hydrogen) atoms.